The molecule has 190 valence electrons. The molecule has 0 aromatic heterocycles. The Morgan fingerprint density at radius 2 is 1.67 bits per heavy atom. The molecule has 0 bridgehead atoms. The van der Waals surface area contributed by atoms with E-state index in [0.717, 1.165) is 45.2 Å². The van der Waals surface area contributed by atoms with E-state index in [1.54, 1.807) is 12.1 Å². The van der Waals surface area contributed by atoms with Crippen LogP contribution in [0.15, 0.2) is 57.9 Å². The van der Waals surface area contributed by atoms with Gasteiger partial charge in [0.2, 0.25) is 0 Å². The normalized spacial score (nSPS) is 11.9. The van der Waals surface area contributed by atoms with Crippen molar-refractivity contribution < 1.29 is 31.6 Å². The molecule has 0 saturated heterocycles. The summed E-state index contributed by atoms with van der Waals surface area (Å²) < 4.78 is 45.3. The lowest BCUT2D eigenvalue weighted by molar-refractivity contribution is 0.0697. The van der Waals surface area contributed by atoms with E-state index >= 15 is 0 Å². The van der Waals surface area contributed by atoms with Crippen LogP contribution >= 0.6 is 0 Å². The Bertz CT molecular complexity index is 1440. The molecule has 36 heavy (non-hydrogen) atoms. The molecular formula is C26H26BF4N2O3-. The predicted molar refractivity (Wildman–Crippen MR) is 135 cm³/mol. The van der Waals surface area contributed by atoms with Crippen LogP contribution in [-0.4, -0.2) is 31.4 Å². The fourth-order valence-corrected chi connectivity index (χ4v) is 4.09. The summed E-state index contributed by atoms with van der Waals surface area (Å²) in [7, 11) is -6.00. The van der Waals surface area contributed by atoms with Gasteiger partial charge in [0.05, 0.1) is 10.9 Å². The quantitative estimate of drug-likeness (QED) is 0.173. The molecule has 1 aliphatic heterocycles. The predicted octanol–water partition coefficient (Wildman–Crippen LogP) is 7.17. The molecule has 2 aromatic rings. The third-order valence-electron chi connectivity index (χ3n) is 5.51. The van der Waals surface area contributed by atoms with Crippen LogP contribution in [0.3, 0.4) is 0 Å². The average molecular weight is 501 g/mol. The number of aryl methyl sites for hydroxylation is 2. The van der Waals surface area contributed by atoms with Crippen LogP contribution in [0.5, 0.6) is 0 Å². The molecule has 1 heterocycles. The second kappa shape index (κ2) is 10.8. The molecule has 2 N–H and O–H groups in total. The van der Waals surface area contributed by atoms with Crippen LogP contribution in [0.25, 0.3) is 33.4 Å². The molecule has 5 nitrogen and oxygen atoms in total. The van der Waals surface area contributed by atoms with E-state index in [9.17, 15) is 27.2 Å². The molecule has 4 rings (SSSR count). The number of carbonyl (C=O) groups is 1. The highest BCUT2D eigenvalue weighted by Crippen LogP contribution is 2.42. The van der Waals surface area contributed by atoms with E-state index in [4.69, 9.17) is 4.42 Å². The van der Waals surface area contributed by atoms with Crippen LogP contribution in [0.4, 0.5) is 23.0 Å². The third-order valence-corrected chi connectivity index (χ3v) is 5.51. The Morgan fingerprint density at radius 3 is 2.28 bits per heavy atom. The first kappa shape index (κ1) is 26.8. The number of aromatic carboxylic acids is 1. The van der Waals surface area contributed by atoms with Crippen LogP contribution in [0.2, 0.25) is 0 Å². The lowest BCUT2D eigenvalue weighted by atomic mass is 9.89. The Hall–Kier alpha value is -3.82. The largest absolute Gasteiger partial charge is 0.673 e. The van der Waals surface area contributed by atoms with Crippen molar-refractivity contribution in [2.24, 2.45) is 4.99 Å². The molecule has 2 aliphatic rings. The summed E-state index contributed by atoms with van der Waals surface area (Å²) in [5.74, 6) is -0.264. The fraction of sp³-hybridized carbons (Fsp3) is 0.231. The van der Waals surface area contributed by atoms with Crippen molar-refractivity contribution in [1.82, 2.24) is 0 Å². The number of hydrogen-bond acceptors (Lipinski definition) is 4. The molecule has 0 saturated carbocycles. The van der Waals surface area contributed by atoms with Gasteiger partial charge >= 0.3 is 13.2 Å². The van der Waals surface area contributed by atoms with Crippen molar-refractivity contribution in [2.45, 2.75) is 27.7 Å². The molecular weight excluding hydrogens is 475 g/mol. The zero-order valence-electron chi connectivity index (χ0n) is 20.3. The van der Waals surface area contributed by atoms with E-state index in [1.807, 2.05) is 51.1 Å². The summed E-state index contributed by atoms with van der Waals surface area (Å²) in [6, 6.07) is 15.2. The number of carboxylic acids is 1. The number of anilines is 1. The van der Waals surface area contributed by atoms with Gasteiger partial charge in [-0.05, 0) is 62.6 Å². The van der Waals surface area contributed by atoms with E-state index in [2.05, 4.69) is 23.3 Å². The highest BCUT2D eigenvalue weighted by atomic mass is 19.5. The maximum absolute atomic E-state index is 12.0. The third kappa shape index (κ3) is 6.05. The second-order valence-electron chi connectivity index (χ2n) is 8.13. The van der Waals surface area contributed by atoms with Gasteiger partial charge < -0.3 is 32.1 Å². The van der Waals surface area contributed by atoms with Gasteiger partial charge in [0, 0.05) is 47.4 Å². The van der Waals surface area contributed by atoms with Gasteiger partial charge in [-0.25, -0.2) is 4.79 Å². The first-order valence-corrected chi connectivity index (χ1v) is 11.4. The maximum Gasteiger partial charge on any atom is 0.673 e. The molecule has 2 aromatic carbocycles. The van der Waals surface area contributed by atoms with Crippen molar-refractivity contribution in [3.63, 3.8) is 0 Å². The van der Waals surface area contributed by atoms with Gasteiger partial charge in [-0.15, -0.1) is 0 Å². The first-order chi connectivity index (χ1) is 16.9. The summed E-state index contributed by atoms with van der Waals surface area (Å²) in [6.45, 7) is 9.59. The van der Waals surface area contributed by atoms with Crippen LogP contribution in [0.1, 0.15) is 35.3 Å². The van der Waals surface area contributed by atoms with Gasteiger partial charge in [0.15, 0.2) is 0 Å². The van der Waals surface area contributed by atoms with E-state index in [0.29, 0.717) is 23.5 Å². The molecule has 0 atom stereocenters. The van der Waals surface area contributed by atoms with Gasteiger partial charge in [-0.3, -0.25) is 4.99 Å². The van der Waals surface area contributed by atoms with Crippen molar-refractivity contribution in [2.75, 3.05) is 18.4 Å². The van der Waals surface area contributed by atoms with Crippen LogP contribution in [-0.2, 0) is 0 Å². The summed E-state index contributed by atoms with van der Waals surface area (Å²) >= 11 is 0. The summed E-state index contributed by atoms with van der Waals surface area (Å²) in [6.07, 6.45) is 0. The van der Waals surface area contributed by atoms with E-state index < -0.39 is 13.2 Å². The molecule has 1 aliphatic carbocycles. The van der Waals surface area contributed by atoms with E-state index in [1.165, 1.54) is 0 Å². The minimum absolute atomic E-state index is 0.268. The van der Waals surface area contributed by atoms with Gasteiger partial charge in [-0.1, -0.05) is 18.2 Å². The number of benzene rings is 3. The number of fused-ring (bicyclic) bond motifs is 2. The Morgan fingerprint density at radius 1 is 1.00 bits per heavy atom. The highest BCUT2D eigenvalue weighted by molar-refractivity contribution is 6.50. The SMILES string of the molecule is CCN=c1cc2oc3cc(NCC)c(C)cc3c(-c3ccccc3C(=O)O)c-2cc1C.F[B-](F)(F)F. The molecule has 0 fully saturated rings. The fourth-order valence-electron chi connectivity index (χ4n) is 4.09. The van der Waals surface area contributed by atoms with Crippen LogP contribution in [0, 0.1) is 13.8 Å². The molecule has 0 radical (unpaired) electrons. The topological polar surface area (TPSA) is 74.8 Å². The lowest BCUT2D eigenvalue weighted by Crippen LogP contribution is -2.09. The first-order valence-electron chi connectivity index (χ1n) is 11.4. The minimum atomic E-state index is -6.00. The zero-order chi connectivity index (χ0) is 26.6. The lowest BCUT2D eigenvalue weighted by Gasteiger charge is -2.19. The average Bonchev–Trinajstić information content (AvgIpc) is 2.78. The van der Waals surface area contributed by atoms with Crippen LogP contribution < -0.4 is 10.7 Å². The second-order valence-corrected chi connectivity index (χ2v) is 8.13. The monoisotopic (exact) mass is 501 g/mol. The van der Waals surface area contributed by atoms with Gasteiger partial charge in [0.1, 0.15) is 11.3 Å². The Balaban J connectivity index is 0.000000658. The van der Waals surface area contributed by atoms with E-state index in [-0.39, 0.29) is 5.56 Å². The maximum atomic E-state index is 12.0. The number of halogens is 4. The molecule has 0 spiro atoms. The zero-order valence-corrected chi connectivity index (χ0v) is 20.3. The number of carboxylic acid groups (broad SMARTS) is 1. The van der Waals surface area contributed by atoms with Crippen molar-refractivity contribution in [3.8, 4) is 22.5 Å². The number of nitrogens with zero attached hydrogens (tertiary/aromatic N) is 1. The van der Waals surface area contributed by atoms with Crippen molar-refractivity contribution in [1.29, 1.82) is 0 Å². The summed E-state index contributed by atoms with van der Waals surface area (Å²) in [5, 5.41) is 15.0. The van der Waals surface area contributed by atoms with Gasteiger partial charge in [0.25, 0.3) is 0 Å². The minimum Gasteiger partial charge on any atom is -0.478 e. The van der Waals surface area contributed by atoms with Gasteiger partial charge in [-0.2, -0.15) is 0 Å². The molecule has 0 unspecified atom stereocenters. The van der Waals surface area contributed by atoms with Crippen molar-refractivity contribution >= 4 is 29.9 Å². The van der Waals surface area contributed by atoms with Crippen molar-refractivity contribution in [3.05, 3.63) is 70.6 Å². The summed E-state index contributed by atoms with van der Waals surface area (Å²) in [5.41, 5.74) is 6.50. The Kier molecular flexibility index (Phi) is 8.07. The number of hydrogen-bond donors (Lipinski definition) is 2. The molecule has 0 amide bonds. The Labute approximate surface area is 205 Å². The number of nitrogens with one attached hydrogen (secondary N) is 1. The highest BCUT2D eigenvalue weighted by Gasteiger charge is 2.22. The summed E-state index contributed by atoms with van der Waals surface area (Å²) in [4.78, 5) is 16.6. The number of rotatable bonds is 5. The smallest absolute Gasteiger partial charge is 0.478 e. The molecule has 10 heteroatoms. The standard InChI is InChI=1S/C26H26N2O3.BF4/c1-5-27-21-13-23-19(11-15(21)3)25(17-9-7-8-10-18(17)26(29)30)20-12-16(4)22(28-6-2)14-24(20)31-23;2-1(3,4)5/h7-14,27H,5-6H2,1-4H3,(H,29,30);/q;-1.